The molecular formula is C16H16N4OS2. The Bertz CT molecular complexity index is 769. The predicted molar refractivity (Wildman–Crippen MR) is 93.3 cm³/mol. The first-order valence-corrected chi connectivity index (χ1v) is 8.97. The van der Waals surface area contributed by atoms with Crippen LogP contribution in [0, 0.1) is 0 Å². The van der Waals surface area contributed by atoms with Crippen LogP contribution in [0.5, 0.6) is 0 Å². The van der Waals surface area contributed by atoms with Crippen LogP contribution in [0.25, 0.3) is 11.4 Å². The Balaban J connectivity index is 1.56. The van der Waals surface area contributed by atoms with Gasteiger partial charge in [0.25, 0.3) is 0 Å². The molecular weight excluding hydrogens is 328 g/mol. The molecule has 1 aromatic carbocycles. The molecule has 0 aliphatic heterocycles. The van der Waals surface area contributed by atoms with E-state index in [-0.39, 0.29) is 5.91 Å². The largest absolute Gasteiger partial charge is 0.350 e. The summed E-state index contributed by atoms with van der Waals surface area (Å²) < 4.78 is 1.91. The first-order valence-electron chi connectivity index (χ1n) is 7.11. The van der Waals surface area contributed by atoms with E-state index in [1.165, 1.54) is 11.8 Å². The lowest BCUT2D eigenvalue weighted by Crippen LogP contribution is -2.24. The van der Waals surface area contributed by atoms with Crippen LogP contribution in [0.1, 0.15) is 4.88 Å². The van der Waals surface area contributed by atoms with Crippen molar-refractivity contribution in [3.05, 3.63) is 52.7 Å². The van der Waals surface area contributed by atoms with E-state index >= 15 is 0 Å². The quantitative estimate of drug-likeness (QED) is 0.699. The summed E-state index contributed by atoms with van der Waals surface area (Å²) in [6.07, 6.45) is 0. The zero-order chi connectivity index (χ0) is 16.1. The van der Waals surface area contributed by atoms with Crippen molar-refractivity contribution in [3.8, 4) is 11.4 Å². The molecule has 1 amide bonds. The number of thioether (sulfide) groups is 1. The molecule has 0 bridgehead atoms. The Morgan fingerprint density at radius 1 is 1.22 bits per heavy atom. The summed E-state index contributed by atoms with van der Waals surface area (Å²) in [6, 6.07) is 13.9. The highest BCUT2D eigenvalue weighted by atomic mass is 32.2. The number of nitrogens with zero attached hydrogens (tertiary/aromatic N) is 3. The van der Waals surface area contributed by atoms with Crippen molar-refractivity contribution in [1.82, 2.24) is 20.1 Å². The summed E-state index contributed by atoms with van der Waals surface area (Å²) >= 11 is 3.02. The number of carbonyl (C=O) groups excluding carboxylic acids is 1. The molecule has 2 aromatic heterocycles. The molecule has 23 heavy (non-hydrogen) atoms. The summed E-state index contributed by atoms with van der Waals surface area (Å²) in [5.41, 5.74) is 1.01. The lowest BCUT2D eigenvalue weighted by atomic mass is 10.2. The second-order valence-electron chi connectivity index (χ2n) is 4.88. The van der Waals surface area contributed by atoms with Gasteiger partial charge in [-0.1, -0.05) is 48.2 Å². The van der Waals surface area contributed by atoms with Crippen LogP contribution in [0.3, 0.4) is 0 Å². The van der Waals surface area contributed by atoms with Gasteiger partial charge in [-0.05, 0) is 11.4 Å². The number of amides is 1. The first-order chi connectivity index (χ1) is 11.2. The van der Waals surface area contributed by atoms with Gasteiger partial charge in [-0.15, -0.1) is 21.5 Å². The summed E-state index contributed by atoms with van der Waals surface area (Å²) in [4.78, 5) is 13.1. The van der Waals surface area contributed by atoms with Gasteiger partial charge in [0.1, 0.15) is 0 Å². The van der Waals surface area contributed by atoms with Gasteiger partial charge in [-0.25, -0.2) is 0 Å². The average molecular weight is 344 g/mol. The summed E-state index contributed by atoms with van der Waals surface area (Å²) in [6.45, 7) is 0.575. The van der Waals surface area contributed by atoms with Gasteiger partial charge >= 0.3 is 0 Å². The Morgan fingerprint density at radius 2 is 2.04 bits per heavy atom. The molecule has 5 nitrogen and oxygen atoms in total. The molecule has 7 heteroatoms. The monoisotopic (exact) mass is 344 g/mol. The van der Waals surface area contributed by atoms with Crippen LogP contribution in [-0.4, -0.2) is 26.4 Å². The van der Waals surface area contributed by atoms with E-state index in [9.17, 15) is 4.79 Å². The SMILES string of the molecule is Cn1c(SCC(=O)NCc2cccs2)nnc1-c1ccccc1. The minimum atomic E-state index is -0.00680. The smallest absolute Gasteiger partial charge is 0.230 e. The fourth-order valence-corrected chi connectivity index (χ4v) is 3.44. The van der Waals surface area contributed by atoms with Crippen molar-refractivity contribution < 1.29 is 4.79 Å². The third kappa shape index (κ3) is 4.00. The topological polar surface area (TPSA) is 59.8 Å². The molecule has 0 radical (unpaired) electrons. The maximum Gasteiger partial charge on any atom is 0.230 e. The Kier molecular flexibility index (Phi) is 5.09. The fraction of sp³-hybridized carbons (Fsp3) is 0.188. The van der Waals surface area contributed by atoms with Crippen molar-refractivity contribution in [2.75, 3.05) is 5.75 Å². The Hall–Kier alpha value is -2.12. The molecule has 118 valence electrons. The van der Waals surface area contributed by atoms with E-state index in [4.69, 9.17) is 0 Å². The molecule has 1 N–H and O–H groups in total. The summed E-state index contributed by atoms with van der Waals surface area (Å²) in [5.74, 6) is 1.12. The molecule has 0 atom stereocenters. The van der Waals surface area contributed by atoms with Crippen LogP contribution in [-0.2, 0) is 18.4 Å². The van der Waals surface area contributed by atoms with Gasteiger partial charge in [0, 0.05) is 17.5 Å². The predicted octanol–water partition coefficient (Wildman–Crippen LogP) is 2.95. The molecule has 2 heterocycles. The standard InChI is InChI=1S/C16H16N4OS2/c1-20-15(12-6-3-2-4-7-12)18-19-16(20)23-11-14(21)17-10-13-8-5-9-22-13/h2-9H,10-11H2,1H3,(H,17,21). The molecule has 0 fully saturated rings. The third-order valence-corrected chi connectivity index (χ3v) is 5.14. The zero-order valence-electron chi connectivity index (χ0n) is 12.6. The van der Waals surface area contributed by atoms with E-state index in [2.05, 4.69) is 15.5 Å². The molecule has 3 aromatic rings. The van der Waals surface area contributed by atoms with Crippen molar-refractivity contribution >= 4 is 29.0 Å². The lowest BCUT2D eigenvalue weighted by molar-refractivity contribution is -0.118. The number of carbonyl (C=O) groups is 1. The van der Waals surface area contributed by atoms with Crippen LogP contribution in [0.15, 0.2) is 53.0 Å². The van der Waals surface area contributed by atoms with Crippen molar-refractivity contribution in [3.63, 3.8) is 0 Å². The average Bonchev–Trinajstić information content (AvgIpc) is 3.22. The maximum atomic E-state index is 11.9. The highest BCUT2D eigenvalue weighted by Gasteiger charge is 2.12. The number of rotatable bonds is 6. The molecule has 0 unspecified atom stereocenters. The highest BCUT2D eigenvalue weighted by molar-refractivity contribution is 7.99. The maximum absolute atomic E-state index is 11.9. The molecule has 0 spiro atoms. The number of hydrogen-bond acceptors (Lipinski definition) is 5. The van der Waals surface area contributed by atoms with E-state index in [1.807, 2.05) is 59.5 Å². The number of hydrogen-bond donors (Lipinski definition) is 1. The van der Waals surface area contributed by atoms with Crippen LogP contribution >= 0.6 is 23.1 Å². The fourth-order valence-electron chi connectivity index (χ4n) is 2.06. The van der Waals surface area contributed by atoms with Gasteiger partial charge in [-0.3, -0.25) is 4.79 Å². The number of nitrogens with one attached hydrogen (secondary N) is 1. The van der Waals surface area contributed by atoms with Crippen molar-refractivity contribution in [2.45, 2.75) is 11.7 Å². The van der Waals surface area contributed by atoms with Crippen LogP contribution < -0.4 is 5.32 Å². The summed E-state index contributed by atoms with van der Waals surface area (Å²) in [5, 5.41) is 14.0. The van der Waals surface area contributed by atoms with Gasteiger partial charge in [-0.2, -0.15) is 0 Å². The van der Waals surface area contributed by atoms with Crippen LogP contribution in [0.2, 0.25) is 0 Å². The minimum absolute atomic E-state index is 0.00680. The molecule has 3 rings (SSSR count). The normalized spacial score (nSPS) is 10.7. The first kappa shape index (κ1) is 15.8. The third-order valence-electron chi connectivity index (χ3n) is 3.24. The van der Waals surface area contributed by atoms with E-state index in [0.717, 1.165) is 21.4 Å². The number of thiophene rings is 1. The zero-order valence-corrected chi connectivity index (χ0v) is 14.2. The number of aromatic nitrogens is 3. The second-order valence-corrected chi connectivity index (χ2v) is 6.85. The molecule has 0 saturated heterocycles. The van der Waals surface area contributed by atoms with Crippen molar-refractivity contribution in [2.24, 2.45) is 7.05 Å². The summed E-state index contributed by atoms with van der Waals surface area (Å²) in [7, 11) is 1.91. The molecule has 0 aliphatic carbocycles. The van der Waals surface area contributed by atoms with Crippen LogP contribution in [0.4, 0.5) is 0 Å². The van der Waals surface area contributed by atoms with Gasteiger partial charge in [0.2, 0.25) is 5.91 Å². The number of benzene rings is 1. The van der Waals surface area contributed by atoms with Gasteiger partial charge < -0.3 is 9.88 Å². The van der Waals surface area contributed by atoms with E-state index < -0.39 is 0 Å². The minimum Gasteiger partial charge on any atom is -0.350 e. The second kappa shape index (κ2) is 7.43. The Morgan fingerprint density at radius 3 is 2.78 bits per heavy atom. The van der Waals surface area contributed by atoms with E-state index in [0.29, 0.717) is 12.3 Å². The van der Waals surface area contributed by atoms with Gasteiger partial charge in [0.15, 0.2) is 11.0 Å². The van der Waals surface area contributed by atoms with E-state index in [1.54, 1.807) is 11.3 Å². The molecule has 0 saturated carbocycles. The molecule has 0 aliphatic rings. The highest BCUT2D eigenvalue weighted by Crippen LogP contribution is 2.22. The Labute approximate surface area is 142 Å². The lowest BCUT2D eigenvalue weighted by Gasteiger charge is -2.05. The van der Waals surface area contributed by atoms with Gasteiger partial charge in [0.05, 0.1) is 12.3 Å². The van der Waals surface area contributed by atoms with Crippen molar-refractivity contribution in [1.29, 1.82) is 0 Å².